The number of alkyl halides is 3. The van der Waals surface area contributed by atoms with Crippen molar-refractivity contribution in [3.05, 3.63) is 35.4 Å². The van der Waals surface area contributed by atoms with E-state index in [0.29, 0.717) is 19.2 Å². The second-order valence-corrected chi connectivity index (χ2v) is 4.40. The van der Waals surface area contributed by atoms with Crippen LogP contribution < -0.4 is 5.32 Å². The van der Waals surface area contributed by atoms with Gasteiger partial charge in [-0.05, 0) is 17.7 Å². The van der Waals surface area contributed by atoms with E-state index in [0.717, 1.165) is 12.1 Å². The molecule has 1 aromatic carbocycles. The van der Waals surface area contributed by atoms with Crippen LogP contribution in [0.2, 0.25) is 0 Å². The molecule has 1 aliphatic heterocycles. The minimum absolute atomic E-state index is 0.211. The van der Waals surface area contributed by atoms with E-state index < -0.39 is 23.9 Å². The zero-order chi connectivity index (χ0) is 14.0. The average molecular weight is 280 g/mol. The molecule has 0 spiro atoms. The monoisotopic (exact) mass is 280 g/mol. The first kappa shape index (κ1) is 14.2. The number of nitrogens with zero attached hydrogens (tertiary/aromatic N) is 1. The van der Waals surface area contributed by atoms with Crippen molar-refractivity contribution in [2.24, 2.45) is 0 Å². The summed E-state index contributed by atoms with van der Waals surface area (Å²) >= 11 is 0. The van der Waals surface area contributed by atoms with E-state index in [1.54, 1.807) is 0 Å². The minimum Gasteiger partial charge on any atom is -0.314 e. The highest BCUT2D eigenvalue weighted by molar-refractivity contribution is 5.23. The smallest absolute Gasteiger partial charge is 0.314 e. The van der Waals surface area contributed by atoms with Gasteiger partial charge < -0.3 is 5.32 Å². The lowest BCUT2D eigenvalue weighted by Gasteiger charge is -2.36. The van der Waals surface area contributed by atoms with Gasteiger partial charge in [0.25, 0.3) is 0 Å². The second kappa shape index (κ2) is 5.42. The van der Waals surface area contributed by atoms with E-state index in [4.69, 9.17) is 0 Å². The zero-order valence-electron chi connectivity index (χ0n) is 9.97. The van der Waals surface area contributed by atoms with Gasteiger partial charge in [-0.1, -0.05) is 6.07 Å². The number of rotatable bonds is 2. The Balaban J connectivity index is 2.33. The van der Waals surface area contributed by atoms with Crippen molar-refractivity contribution in [3.8, 4) is 0 Å². The van der Waals surface area contributed by atoms with Crippen molar-refractivity contribution >= 4 is 0 Å². The van der Waals surface area contributed by atoms with Crippen molar-refractivity contribution < 1.29 is 22.0 Å². The molecule has 1 fully saturated rings. The summed E-state index contributed by atoms with van der Waals surface area (Å²) in [6.45, 7) is 1.30. The molecule has 1 heterocycles. The number of benzene rings is 1. The maximum absolute atomic E-state index is 13.1. The Morgan fingerprint density at radius 1 is 1.05 bits per heavy atom. The largest absolute Gasteiger partial charge is 0.408 e. The van der Waals surface area contributed by atoms with Gasteiger partial charge >= 0.3 is 6.18 Å². The summed E-state index contributed by atoms with van der Waals surface area (Å²) in [5.74, 6) is -2.41. The summed E-state index contributed by atoms with van der Waals surface area (Å²) in [6.07, 6.45) is -4.53. The molecule has 1 N–H and O–H groups in total. The van der Waals surface area contributed by atoms with E-state index in [9.17, 15) is 22.0 Å². The summed E-state index contributed by atoms with van der Waals surface area (Å²) in [7, 11) is 0. The Labute approximate surface area is 107 Å². The van der Waals surface area contributed by atoms with E-state index in [1.807, 2.05) is 0 Å². The first-order chi connectivity index (χ1) is 8.89. The molecule has 1 saturated heterocycles. The Morgan fingerprint density at radius 3 is 2.21 bits per heavy atom. The molecule has 1 atom stereocenters. The topological polar surface area (TPSA) is 15.3 Å². The normalized spacial score (nSPS) is 19.4. The number of nitrogens with one attached hydrogen (secondary N) is 1. The molecule has 0 saturated carbocycles. The molecule has 19 heavy (non-hydrogen) atoms. The van der Waals surface area contributed by atoms with Gasteiger partial charge in [0.1, 0.15) is 6.04 Å². The molecule has 0 aliphatic carbocycles. The lowest BCUT2D eigenvalue weighted by Crippen LogP contribution is -2.49. The summed E-state index contributed by atoms with van der Waals surface area (Å²) in [5.41, 5.74) is -0.270. The van der Waals surface area contributed by atoms with E-state index in [2.05, 4.69) is 5.32 Å². The van der Waals surface area contributed by atoms with Crippen molar-refractivity contribution in [1.29, 1.82) is 0 Å². The van der Waals surface area contributed by atoms with Crippen LogP contribution in [0.1, 0.15) is 11.6 Å². The fourth-order valence-corrected chi connectivity index (χ4v) is 2.23. The van der Waals surface area contributed by atoms with Crippen LogP contribution in [0.15, 0.2) is 18.2 Å². The molecule has 0 bridgehead atoms. The van der Waals surface area contributed by atoms with Crippen LogP contribution in [-0.2, 0) is 0 Å². The van der Waals surface area contributed by atoms with E-state index >= 15 is 0 Å². The van der Waals surface area contributed by atoms with Gasteiger partial charge in [-0.25, -0.2) is 8.78 Å². The fraction of sp³-hybridized carbons (Fsp3) is 0.500. The van der Waals surface area contributed by atoms with Crippen LogP contribution >= 0.6 is 0 Å². The van der Waals surface area contributed by atoms with Crippen molar-refractivity contribution in [3.63, 3.8) is 0 Å². The van der Waals surface area contributed by atoms with Gasteiger partial charge in [-0.15, -0.1) is 0 Å². The van der Waals surface area contributed by atoms with Crippen LogP contribution in [0.3, 0.4) is 0 Å². The Morgan fingerprint density at radius 2 is 1.68 bits per heavy atom. The maximum Gasteiger partial charge on any atom is 0.408 e. The van der Waals surface area contributed by atoms with Crippen molar-refractivity contribution in [2.45, 2.75) is 12.2 Å². The zero-order valence-corrected chi connectivity index (χ0v) is 9.97. The van der Waals surface area contributed by atoms with Crippen molar-refractivity contribution in [1.82, 2.24) is 10.2 Å². The molecular formula is C12H13F5N2. The first-order valence-electron chi connectivity index (χ1n) is 5.86. The Hall–Kier alpha value is -1.21. The lowest BCUT2D eigenvalue weighted by atomic mass is 10.0. The van der Waals surface area contributed by atoms with Gasteiger partial charge in [0, 0.05) is 26.2 Å². The predicted octanol–water partition coefficient (Wildman–Crippen LogP) is 2.47. The van der Waals surface area contributed by atoms with E-state index in [-0.39, 0.29) is 18.7 Å². The summed E-state index contributed by atoms with van der Waals surface area (Å²) in [6, 6.07) is 0.435. The fourth-order valence-electron chi connectivity index (χ4n) is 2.23. The highest BCUT2D eigenvalue weighted by Gasteiger charge is 2.45. The molecule has 7 heteroatoms. The third-order valence-electron chi connectivity index (χ3n) is 3.09. The van der Waals surface area contributed by atoms with Gasteiger partial charge in [-0.3, -0.25) is 4.90 Å². The Bertz CT molecular complexity index is 440. The van der Waals surface area contributed by atoms with Gasteiger partial charge in [0.05, 0.1) is 0 Å². The number of halogens is 5. The van der Waals surface area contributed by atoms with Crippen LogP contribution in [0.5, 0.6) is 0 Å². The summed E-state index contributed by atoms with van der Waals surface area (Å²) < 4.78 is 65.4. The van der Waals surface area contributed by atoms with Crippen LogP contribution in [0.4, 0.5) is 22.0 Å². The molecule has 2 rings (SSSR count). The van der Waals surface area contributed by atoms with Crippen LogP contribution in [0.25, 0.3) is 0 Å². The molecule has 1 aromatic rings. The average Bonchev–Trinajstić information content (AvgIpc) is 2.34. The number of hydrogen-bond acceptors (Lipinski definition) is 2. The van der Waals surface area contributed by atoms with Crippen LogP contribution in [-0.4, -0.2) is 37.3 Å². The molecule has 2 nitrogen and oxygen atoms in total. The molecule has 0 amide bonds. The van der Waals surface area contributed by atoms with E-state index in [1.165, 1.54) is 4.90 Å². The molecule has 1 aliphatic rings. The highest BCUT2D eigenvalue weighted by atomic mass is 19.4. The second-order valence-electron chi connectivity index (χ2n) is 4.40. The molecular weight excluding hydrogens is 267 g/mol. The number of hydrogen-bond donors (Lipinski definition) is 1. The van der Waals surface area contributed by atoms with Gasteiger partial charge in [0.2, 0.25) is 0 Å². The standard InChI is InChI=1S/C12H13F5N2/c13-9-2-1-8(7-10(9)14)11(12(15,16)17)19-5-3-18-4-6-19/h1-2,7,11,18H,3-6H2/t11-/m1/s1. The van der Waals surface area contributed by atoms with Crippen molar-refractivity contribution in [2.75, 3.05) is 26.2 Å². The Kier molecular flexibility index (Phi) is 4.05. The molecule has 0 radical (unpaired) electrons. The predicted molar refractivity (Wildman–Crippen MR) is 59.6 cm³/mol. The van der Waals surface area contributed by atoms with Crippen LogP contribution in [0, 0.1) is 11.6 Å². The minimum atomic E-state index is -4.53. The number of piperazine rings is 1. The summed E-state index contributed by atoms with van der Waals surface area (Å²) in [4.78, 5) is 1.23. The molecule has 0 aromatic heterocycles. The highest BCUT2D eigenvalue weighted by Crippen LogP contribution is 2.38. The first-order valence-corrected chi connectivity index (χ1v) is 5.86. The third-order valence-corrected chi connectivity index (χ3v) is 3.09. The molecule has 106 valence electrons. The van der Waals surface area contributed by atoms with Gasteiger partial charge in [0.15, 0.2) is 11.6 Å². The van der Waals surface area contributed by atoms with Gasteiger partial charge in [-0.2, -0.15) is 13.2 Å². The summed E-state index contributed by atoms with van der Waals surface area (Å²) in [5, 5.41) is 2.95. The SMILES string of the molecule is Fc1ccc([C@@H](N2CCNCC2)C(F)(F)F)cc1F. The molecule has 0 unspecified atom stereocenters. The quantitative estimate of drug-likeness (QED) is 0.837. The third kappa shape index (κ3) is 3.22. The lowest BCUT2D eigenvalue weighted by molar-refractivity contribution is -0.187. The maximum atomic E-state index is 13.1.